The standard InChI is InChI=1S/C17H22N6O4/c1-26-11-6-7-13(27-2)12(10-11)19-16-14(23(24)25)15(18)20-17(21-16)22-8-4-3-5-9-22/h6-7,10H,3-5,8-9H2,1-2H3,(H3,18,19,20,21). The van der Waals surface area contributed by atoms with Gasteiger partial charge in [-0.25, -0.2) is 0 Å². The van der Waals surface area contributed by atoms with Crippen LogP contribution in [0.15, 0.2) is 18.2 Å². The van der Waals surface area contributed by atoms with Gasteiger partial charge in [-0.2, -0.15) is 9.97 Å². The third-order valence-corrected chi connectivity index (χ3v) is 4.38. The number of benzene rings is 1. The fraction of sp³-hybridized carbons (Fsp3) is 0.412. The number of anilines is 4. The van der Waals surface area contributed by atoms with Crippen molar-refractivity contribution in [3.63, 3.8) is 0 Å². The van der Waals surface area contributed by atoms with Gasteiger partial charge in [0.2, 0.25) is 17.6 Å². The minimum atomic E-state index is -0.593. The van der Waals surface area contributed by atoms with Crippen molar-refractivity contribution in [2.75, 3.05) is 43.3 Å². The van der Waals surface area contributed by atoms with Gasteiger partial charge in [0.15, 0.2) is 0 Å². The van der Waals surface area contributed by atoms with E-state index >= 15 is 0 Å². The van der Waals surface area contributed by atoms with E-state index in [-0.39, 0.29) is 17.3 Å². The van der Waals surface area contributed by atoms with Gasteiger partial charge in [-0.3, -0.25) is 10.1 Å². The molecule has 144 valence electrons. The van der Waals surface area contributed by atoms with Crippen LogP contribution in [0, 0.1) is 10.1 Å². The maximum atomic E-state index is 11.5. The molecule has 2 aromatic rings. The largest absolute Gasteiger partial charge is 0.497 e. The summed E-state index contributed by atoms with van der Waals surface area (Å²) in [5.74, 6) is 1.27. The van der Waals surface area contributed by atoms with Crippen LogP contribution in [0.1, 0.15) is 19.3 Å². The Hall–Kier alpha value is -3.30. The number of nitrogen functional groups attached to an aromatic ring is 1. The molecule has 0 saturated carbocycles. The lowest BCUT2D eigenvalue weighted by Gasteiger charge is -2.27. The summed E-state index contributed by atoms with van der Waals surface area (Å²) in [6.45, 7) is 1.58. The molecule has 1 aromatic carbocycles. The highest BCUT2D eigenvalue weighted by Crippen LogP contribution is 2.37. The number of hydrogen-bond donors (Lipinski definition) is 2. The Balaban J connectivity index is 2.04. The second kappa shape index (κ2) is 7.94. The van der Waals surface area contributed by atoms with Crippen LogP contribution in [-0.4, -0.2) is 42.2 Å². The molecule has 1 fully saturated rings. The molecular weight excluding hydrogens is 352 g/mol. The molecule has 0 radical (unpaired) electrons. The molecule has 3 N–H and O–H groups in total. The summed E-state index contributed by atoms with van der Waals surface area (Å²) in [6.07, 6.45) is 3.19. The van der Waals surface area contributed by atoms with Crippen LogP contribution in [0.2, 0.25) is 0 Å². The molecule has 1 saturated heterocycles. The number of nitrogens with one attached hydrogen (secondary N) is 1. The summed E-state index contributed by atoms with van der Waals surface area (Å²) < 4.78 is 10.5. The summed E-state index contributed by atoms with van der Waals surface area (Å²) >= 11 is 0. The van der Waals surface area contributed by atoms with E-state index in [1.807, 2.05) is 4.90 Å². The molecule has 0 unspecified atom stereocenters. The fourth-order valence-corrected chi connectivity index (χ4v) is 3.00. The number of nitrogens with two attached hydrogens (primary N) is 1. The van der Waals surface area contributed by atoms with E-state index in [1.54, 1.807) is 18.2 Å². The van der Waals surface area contributed by atoms with Crippen LogP contribution in [0.3, 0.4) is 0 Å². The zero-order chi connectivity index (χ0) is 19.4. The zero-order valence-corrected chi connectivity index (χ0v) is 15.3. The second-order valence-electron chi connectivity index (χ2n) is 6.10. The molecule has 0 spiro atoms. The molecule has 0 aliphatic carbocycles. The Morgan fingerprint density at radius 2 is 1.93 bits per heavy atom. The van der Waals surface area contributed by atoms with E-state index in [2.05, 4.69) is 15.3 Å². The smallest absolute Gasteiger partial charge is 0.353 e. The average molecular weight is 374 g/mol. The van der Waals surface area contributed by atoms with Crippen LogP contribution < -0.4 is 25.4 Å². The fourth-order valence-electron chi connectivity index (χ4n) is 3.00. The first-order valence-corrected chi connectivity index (χ1v) is 8.59. The average Bonchev–Trinajstić information content (AvgIpc) is 2.67. The van der Waals surface area contributed by atoms with Gasteiger partial charge in [-0.15, -0.1) is 0 Å². The Morgan fingerprint density at radius 1 is 1.19 bits per heavy atom. The summed E-state index contributed by atoms with van der Waals surface area (Å²) in [7, 11) is 3.04. The third-order valence-electron chi connectivity index (χ3n) is 4.38. The first-order chi connectivity index (χ1) is 13.0. The van der Waals surface area contributed by atoms with Gasteiger partial charge >= 0.3 is 5.69 Å². The molecule has 27 heavy (non-hydrogen) atoms. The minimum absolute atomic E-state index is 0.0135. The molecule has 1 aliphatic heterocycles. The lowest BCUT2D eigenvalue weighted by molar-refractivity contribution is -0.383. The zero-order valence-electron chi connectivity index (χ0n) is 15.3. The Kier molecular flexibility index (Phi) is 5.43. The van der Waals surface area contributed by atoms with E-state index < -0.39 is 4.92 Å². The molecule has 0 bridgehead atoms. The van der Waals surface area contributed by atoms with E-state index in [9.17, 15) is 10.1 Å². The van der Waals surface area contributed by atoms with E-state index in [1.165, 1.54) is 14.2 Å². The van der Waals surface area contributed by atoms with E-state index in [4.69, 9.17) is 15.2 Å². The van der Waals surface area contributed by atoms with Gasteiger partial charge < -0.3 is 25.4 Å². The monoisotopic (exact) mass is 374 g/mol. The van der Waals surface area contributed by atoms with Crippen molar-refractivity contribution in [3.8, 4) is 11.5 Å². The number of hydrogen-bond acceptors (Lipinski definition) is 9. The van der Waals surface area contributed by atoms with Crippen molar-refractivity contribution < 1.29 is 14.4 Å². The highest BCUT2D eigenvalue weighted by molar-refractivity contribution is 5.77. The summed E-state index contributed by atoms with van der Waals surface area (Å²) in [5, 5.41) is 14.5. The van der Waals surface area contributed by atoms with Gasteiger partial charge in [-0.1, -0.05) is 0 Å². The Labute approximate surface area is 156 Å². The van der Waals surface area contributed by atoms with Crippen molar-refractivity contribution in [2.24, 2.45) is 0 Å². The van der Waals surface area contributed by atoms with Gasteiger partial charge in [0, 0.05) is 19.2 Å². The number of rotatable bonds is 6. The quantitative estimate of drug-likeness (QED) is 0.579. The van der Waals surface area contributed by atoms with Crippen LogP contribution in [0.5, 0.6) is 11.5 Å². The third kappa shape index (κ3) is 3.94. The predicted octanol–water partition coefficient (Wildman–Crippen LogP) is 2.72. The molecule has 10 nitrogen and oxygen atoms in total. The van der Waals surface area contributed by atoms with Gasteiger partial charge in [0.1, 0.15) is 11.5 Å². The normalized spacial score (nSPS) is 13.9. The lowest BCUT2D eigenvalue weighted by atomic mass is 10.1. The van der Waals surface area contributed by atoms with Crippen LogP contribution in [-0.2, 0) is 0 Å². The van der Waals surface area contributed by atoms with E-state index in [0.717, 1.165) is 32.4 Å². The number of aromatic nitrogens is 2. The van der Waals surface area contributed by atoms with Crippen LogP contribution in [0.4, 0.5) is 29.0 Å². The molecule has 0 amide bonds. The van der Waals surface area contributed by atoms with E-state index in [0.29, 0.717) is 23.1 Å². The van der Waals surface area contributed by atoms with Crippen molar-refractivity contribution in [1.82, 2.24) is 9.97 Å². The molecule has 10 heteroatoms. The molecule has 0 atom stereocenters. The van der Waals surface area contributed by atoms with Crippen molar-refractivity contribution in [1.29, 1.82) is 0 Å². The van der Waals surface area contributed by atoms with Crippen molar-refractivity contribution in [2.45, 2.75) is 19.3 Å². The Bertz CT molecular complexity index is 838. The van der Waals surface area contributed by atoms with Crippen LogP contribution in [0.25, 0.3) is 0 Å². The molecule has 3 rings (SSSR count). The highest BCUT2D eigenvalue weighted by atomic mass is 16.6. The molecule has 1 aliphatic rings. The number of ether oxygens (including phenoxy) is 2. The van der Waals surface area contributed by atoms with Gasteiger partial charge in [0.25, 0.3) is 0 Å². The van der Waals surface area contributed by atoms with Gasteiger partial charge in [0.05, 0.1) is 24.8 Å². The first-order valence-electron chi connectivity index (χ1n) is 8.59. The number of methoxy groups -OCH3 is 2. The maximum absolute atomic E-state index is 11.5. The van der Waals surface area contributed by atoms with Crippen LogP contribution >= 0.6 is 0 Å². The summed E-state index contributed by atoms with van der Waals surface area (Å²) in [6, 6.07) is 5.09. The minimum Gasteiger partial charge on any atom is -0.497 e. The molecule has 1 aromatic heterocycles. The predicted molar refractivity (Wildman–Crippen MR) is 102 cm³/mol. The summed E-state index contributed by atoms with van der Waals surface area (Å²) in [5.41, 5.74) is 5.99. The number of piperidine rings is 1. The van der Waals surface area contributed by atoms with Crippen molar-refractivity contribution in [3.05, 3.63) is 28.3 Å². The number of nitro groups is 1. The first kappa shape index (κ1) is 18.5. The summed E-state index contributed by atoms with van der Waals surface area (Å²) in [4.78, 5) is 21.5. The number of nitrogens with zero attached hydrogens (tertiary/aromatic N) is 4. The van der Waals surface area contributed by atoms with Crippen molar-refractivity contribution >= 4 is 29.0 Å². The molecular formula is C17H22N6O4. The SMILES string of the molecule is COc1ccc(OC)c(Nc2nc(N3CCCCC3)nc(N)c2[N+](=O)[O-])c1. The maximum Gasteiger partial charge on any atom is 0.353 e. The highest BCUT2D eigenvalue weighted by Gasteiger charge is 2.26. The molecule has 2 heterocycles. The second-order valence-corrected chi connectivity index (χ2v) is 6.10. The topological polar surface area (TPSA) is 129 Å². The Morgan fingerprint density at radius 3 is 2.56 bits per heavy atom. The lowest BCUT2D eigenvalue weighted by Crippen LogP contribution is -2.31. The van der Waals surface area contributed by atoms with Gasteiger partial charge in [-0.05, 0) is 31.4 Å².